The molecule has 0 aliphatic carbocycles. The zero-order chi connectivity index (χ0) is 22.9. The summed E-state index contributed by atoms with van der Waals surface area (Å²) in [6.07, 6.45) is 1.52. The van der Waals surface area contributed by atoms with Crippen molar-refractivity contribution in [2.75, 3.05) is 45.8 Å². The molecule has 0 saturated carbocycles. The third kappa shape index (κ3) is 5.21. The number of nitrogens with zero attached hydrogens (tertiary/aromatic N) is 4. The number of morpholine rings is 1. The minimum Gasteiger partial charge on any atom is -0.495 e. The largest absolute Gasteiger partial charge is 0.495 e. The molecular formula is C24H31Cl2N5O3S. The maximum Gasteiger partial charge on any atom is 0.152 e. The smallest absolute Gasteiger partial charge is 0.152 e. The van der Waals surface area contributed by atoms with Crippen LogP contribution in [-0.2, 0) is 22.6 Å². The number of methoxy groups -OCH3 is 1. The van der Waals surface area contributed by atoms with Gasteiger partial charge in [0, 0.05) is 42.2 Å². The highest BCUT2D eigenvalue weighted by Crippen LogP contribution is 2.44. The highest BCUT2D eigenvalue weighted by Gasteiger charge is 2.26. The van der Waals surface area contributed by atoms with Crippen molar-refractivity contribution in [3.8, 4) is 16.2 Å². The van der Waals surface area contributed by atoms with Gasteiger partial charge in [0.25, 0.3) is 0 Å². The maximum absolute atomic E-state index is 6.45. The number of aryl methyl sites for hydroxylation is 1. The van der Waals surface area contributed by atoms with Crippen molar-refractivity contribution in [1.82, 2.24) is 19.5 Å². The van der Waals surface area contributed by atoms with Crippen LogP contribution in [-0.4, -0.2) is 59.5 Å². The third-order valence-corrected chi connectivity index (χ3v) is 7.26. The van der Waals surface area contributed by atoms with Gasteiger partial charge in [-0.2, -0.15) is 5.10 Å². The van der Waals surface area contributed by atoms with Gasteiger partial charge in [-0.3, -0.25) is 4.90 Å². The Balaban J connectivity index is 0.00000171. The summed E-state index contributed by atoms with van der Waals surface area (Å²) in [6, 6.07) is 6.47. The molecule has 190 valence electrons. The van der Waals surface area contributed by atoms with Gasteiger partial charge in [0.1, 0.15) is 17.6 Å². The molecule has 1 aliphatic heterocycles. The summed E-state index contributed by atoms with van der Waals surface area (Å²) in [6.45, 7) is 9.21. The number of benzene rings is 1. The molecule has 35 heavy (non-hydrogen) atoms. The van der Waals surface area contributed by atoms with E-state index in [1.807, 2.05) is 11.4 Å². The first-order valence-corrected chi connectivity index (χ1v) is 12.0. The summed E-state index contributed by atoms with van der Waals surface area (Å²) in [5, 5.41) is 5.77. The van der Waals surface area contributed by atoms with Crippen LogP contribution in [0.2, 0.25) is 0 Å². The van der Waals surface area contributed by atoms with Gasteiger partial charge in [-0.1, -0.05) is 6.07 Å². The Morgan fingerprint density at radius 3 is 2.66 bits per heavy atom. The molecule has 0 unspecified atom stereocenters. The van der Waals surface area contributed by atoms with Crippen molar-refractivity contribution in [1.29, 1.82) is 0 Å². The Bertz CT molecular complexity index is 1300. The highest BCUT2D eigenvalue weighted by molar-refractivity contribution is 7.22. The second kappa shape index (κ2) is 11.7. The quantitative estimate of drug-likeness (QED) is 0.363. The fraction of sp³-hybridized carbons (Fsp3) is 0.417. The Morgan fingerprint density at radius 1 is 1.17 bits per heavy atom. The molecular weight excluding hydrogens is 509 g/mol. The molecule has 4 aromatic rings. The number of aromatic nitrogens is 3. The lowest BCUT2D eigenvalue weighted by Crippen LogP contribution is -2.36. The van der Waals surface area contributed by atoms with E-state index in [0.717, 1.165) is 81.5 Å². The summed E-state index contributed by atoms with van der Waals surface area (Å²) in [7, 11) is 1.72. The van der Waals surface area contributed by atoms with Gasteiger partial charge in [0.2, 0.25) is 0 Å². The molecule has 1 saturated heterocycles. The van der Waals surface area contributed by atoms with Crippen LogP contribution in [0.4, 0.5) is 5.82 Å². The molecule has 0 radical (unpaired) electrons. The van der Waals surface area contributed by atoms with Crippen molar-refractivity contribution < 1.29 is 14.2 Å². The number of anilines is 1. The molecule has 0 amide bonds. The number of rotatable bonds is 7. The van der Waals surface area contributed by atoms with Gasteiger partial charge < -0.3 is 19.9 Å². The predicted octanol–water partition coefficient (Wildman–Crippen LogP) is 4.72. The van der Waals surface area contributed by atoms with Gasteiger partial charge in [-0.05, 0) is 36.9 Å². The average Bonchev–Trinajstić information content (AvgIpc) is 3.37. The first kappa shape index (κ1) is 27.4. The second-order valence-corrected chi connectivity index (χ2v) is 9.28. The fourth-order valence-electron chi connectivity index (χ4n) is 4.52. The van der Waals surface area contributed by atoms with Crippen LogP contribution >= 0.6 is 36.2 Å². The van der Waals surface area contributed by atoms with Crippen molar-refractivity contribution in [2.45, 2.75) is 27.0 Å². The first-order valence-electron chi connectivity index (χ1n) is 11.2. The summed E-state index contributed by atoms with van der Waals surface area (Å²) in [4.78, 5) is 7.82. The normalized spacial score (nSPS) is 14.1. The van der Waals surface area contributed by atoms with E-state index in [9.17, 15) is 0 Å². The van der Waals surface area contributed by atoms with E-state index in [2.05, 4.69) is 40.1 Å². The summed E-state index contributed by atoms with van der Waals surface area (Å²) >= 11 is 1.70. The van der Waals surface area contributed by atoms with E-state index in [0.29, 0.717) is 19.0 Å². The zero-order valence-corrected chi connectivity index (χ0v) is 22.5. The van der Waals surface area contributed by atoms with Crippen LogP contribution in [0.15, 0.2) is 24.5 Å². The third-order valence-electron chi connectivity index (χ3n) is 6.08. The Hall–Kier alpha value is -2.14. The van der Waals surface area contributed by atoms with Crippen molar-refractivity contribution in [3.63, 3.8) is 0 Å². The predicted molar refractivity (Wildman–Crippen MR) is 145 cm³/mol. The Labute approximate surface area is 221 Å². The van der Waals surface area contributed by atoms with E-state index >= 15 is 0 Å². The molecule has 1 fully saturated rings. The summed E-state index contributed by atoms with van der Waals surface area (Å²) < 4.78 is 20.3. The number of nitrogens with two attached hydrogens (primary N) is 1. The number of fused-ring (bicyclic) bond motifs is 2. The van der Waals surface area contributed by atoms with Crippen molar-refractivity contribution in [3.05, 3.63) is 41.3 Å². The lowest BCUT2D eigenvalue weighted by Gasteiger charge is -2.26. The molecule has 0 bridgehead atoms. The fourth-order valence-corrected chi connectivity index (χ4v) is 5.72. The average molecular weight is 541 g/mol. The van der Waals surface area contributed by atoms with Gasteiger partial charge in [-0.15, -0.1) is 36.2 Å². The molecule has 8 nitrogen and oxygen atoms in total. The van der Waals surface area contributed by atoms with Crippen molar-refractivity contribution >= 4 is 57.6 Å². The van der Waals surface area contributed by atoms with E-state index in [-0.39, 0.29) is 24.8 Å². The lowest BCUT2D eigenvalue weighted by molar-refractivity contribution is 0.0329. The highest BCUT2D eigenvalue weighted by atomic mass is 35.5. The topological polar surface area (TPSA) is 87.1 Å². The number of halogens is 2. The Morgan fingerprint density at radius 2 is 1.94 bits per heavy atom. The first-order chi connectivity index (χ1) is 16.1. The maximum atomic E-state index is 6.45. The SMILES string of the molecule is CCOCc1c(-c2cc3cc(C)cc(OC)c3s2)c2c(N)ncnn2c1CN1CCOCC1.Cl.Cl. The minimum atomic E-state index is 0. The number of nitrogen functional groups attached to an aromatic ring is 1. The van der Waals surface area contributed by atoms with Crippen molar-refractivity contribution in [2.24, 2.45) is 0 Å². The number of ether oxygens (including phenoxy) is 3. The van der Waals surface area contributed by atoms with Crippen LogP contribution in [0.1, 0.15) is 23.7 Å². The minimum absolute atomic E-state index is 0. The molecule has 0 spiro atoms. The monoisotopic (exact) mass is 539 g/mol. The number of hydrogen-bond acceptors (Lipinski definition) is 8. The van der Waals surface area contributed by atoms with Crippen LogP contribution in [0, 0.1) is 6.92 Å². The molecule has 2 N–H and O–H groups in total. The second-order valence-electron chi connectivity index (χ2n) is 8.23. The molecule has 4 heterocycles. The van der Waals surface area contributed by atoms with Gasteiger partial charge in [-0.25, -0.2) is 9.50 Å². The molecule has 11 heteroatoms. The molecule has 0 atom stereocenters. The standard InChI is InChI=1S/C24H29N5O3S.2ClH/c1-4-31-13-17-18(12-28-5-7-32-8-6-28)29-22(24(25)26-14-27-29)21(17)20-11-16-9-15(2)10-19(30-3)23(16)33-20;;/h9-11,14H,4-8,12-13H2,1-3H3,(H2,25,26,27);2*1H. The van der Waals surface area contributed by atoms with Crippen LogP contribution < -0.4 is 10.5 Å². The van der Waals surface area contributed by atoms with E-state index in [1.54, 1.807) is 18.4 Å². The molecule has 5 rings (SSSR count). The summed E-state index contributed by atoms with van der Waals surface area (Å²) in [5.74, 6) is 1.35. The van der Waals surface area contributed by atoms with Gasteiger partial charge in [0.05, 0.1) is 37.3 Å². The molecule has 3 aromatic heterocycles. The van der Waals surface area contributed by atoms with Gasteiger partial charge in [0.15, 0.2) is 5.82 Å². The Kier molecular flexibility index (Phi) is 9.20. The molecule has 1 aliphatic rings. The summed E-state index contributed by atoms with van der Waals surface area (Å²) in [5.41, 5.74) is 11.7. The zero-order valence-electron chi connectivity index (χ0n) is 20.1. The van der Waals surface area contributed by atoms with E-state index in [4.69, 9.17) is 19.9 Å². The van der Waals surface area contributed by atoms with Crippen LogP contribution in [0.25, 0.3) is 26.0 Å². The van der Waals surface area contributed by atoms with Gasteiger partial charge >= 0.3 is 0 Å². The van der Waals surface area contributed by atoms with Crippen LogP contribution in [0.3, 0.4) is 0 Å². The van der Waals surface area contributed by atoms with E-state index in [1.165, 1.54) is 6.33 Å². The lowest BCUT2D eigenvalue weighted by atomic mass is 10.1. The van der Waals surface area contributed by atoms with E-state index < -0.39 is 0 Å². The number of thiophene rings is 1. The molecule has 1 aromatic carbocycles. The van der Waals surface area contributed by atoms with Crippen LogP contribution in [0.5, 0.6) is 5.75 Å². The number of hydrogen-bond donors (Lipinski definition) is 1.